The first kappa shape index (κ1) is 21.0. The Balaban J connectivity index is 0.000000150. The largest absolute Gasteiger partial charge is 0.422 e. The highest BCUT2D eigenvalue weighted by Crippen LogP contribution is 2.24. The van der Waals surface area contributed by atoms with Crippen LogP contribution in [0.3, 0.4) is 0 Å². The molecule has 6 rings (SSSR count). The Morgan fingerprint density at radius 1 is 0.676 bits per heavy atom. The minimum absolute atomic E-state index is 0.395. The van der Waals surface area contributed by atoms with E-state index in [9.17, 15) is 9.59 Å². The van der Waals surface area contributed by atoms with Gasteiger partial charge in [0.1, 0.15) is 5.58 Å². The molecule has 0 fully saturated rings. The second-order valence-electron chi connectivity index (χ2n) is 7.61. The van der Waals surface area contributed by atoms with Crippen LogP contribution in [0.5, 0.6) is 0 Å². The summed E-state index contributed by atoms with van der Waals surface area (Å²) in [6.07, 6.45) is 1.46. The van der Waals surface area contributed by atoms with Gasteiger partial charge in [-0.05, 0) is 42.0 Å². The maximum absolute atomic E-state index is 12.0. The number of hydrogen-bond donors (Lipinski definition) is 0. The molecule has 2 aromatic heterocycles. The standard InChI is InChI=1S/C16H9NO3.C13H9N/c18-10-17-13-7-6-12-8-14(11-4-2-1-3-5-11)16(19)20-15(12)9-13;1-3-7-12-10(5-1)9-11-6-2-4-8-13(11)14-12/h1-9H;1-9H. The molecule has 0 aliphatic rings. The number of benzene rings is 4. The Bertz CT molecular complexity index is 1630. The van der Waals surface area contributed by atoms with Crippen LogP contribution in [0.1, 0.15) is 0 Å². The van der Waals surface area contributed by atoms with Crippen molar-refractivity contribution in [1.29, 1.82) is 0 Å². The maximum atomic E-state index is 12.0. The molecule has 0 aliphatic heterocycles. The molecule has 0 saturated heterocycles. The Morgan fingerprint density at radius 3 is 2.00 bits per heavy atom. The summed E-state index contributed by atoms with van der Waals surface area (Å²) in [7, 11) is 0. The Hall–Kier alpha value is -4.86. The van der Waals surface area contributed by atoms with Crippen LogP contribution in [0.2, 0.25) is 0 Å². The van der Waals surface area contributed by atoms with Crippen molar-refractivity contribution in [2.75, 3.05) is 0 Å². The minimum Gasteiger partial charge on any atom is -0.422 e. The molecule has 0 bridgehead atoms. The fourth-order valence-electron chi connectivity index (χ4n) is 3.76. The Morgan fingerprint density at radius 2 is 1.32 bits per heavy atom. The molecule has 0 N–H and O–H groups in total. The summed E-state index contributed by atoms with van der Waals surface area (Å²) < 4.78 is 5.29. The van der Waals surface area contributed by atoms with Crippen molar-refractivity contribution >= 4 is 44.5 Å². The number of hydrogen-bond acceptors (Lipinski definition) is 5. The molecule has 0 unspecified atom stereocenters. The topological polar surface area (TPSA) is 72.5 Å². The average Bonchev–Trinajstić information content (AvgIpc) is 2.88. The molecule has 0 amide bonds. The number of aliphatic imine (C=N–C) groups is 1. The van der Waals surface area contributed by atoms with Gasteiger partial charge in [-0.25, -0.2) is 14.6 Å². The molecule has 4 aromatic carbocycles. The predicted octanol–water partition coefficient (Wildman–Crippen LogP) is 6.82. The van der Waals surface area contributed by atoms with Crippen molar-refractivity contribution in [2.24, 2.45) is 4.99 Å². The number of isocyanates is 1. The van der Waals surface area contributed by atoms with Crippen LogP contribution in [-0.4, -0.2) is 11.1 Å². The van der Waals surface area contributed by atoms with Crippen molar-refractivity contribution in [2.45, 2.75) is 0 Å². The van der Waals surface area contributed by atoms with Crippen molar-refractivity contribution in [3.05, 3.63) is 120 Å². The number of para-hydroxylation sites is 2. The van der Waals surface area contributed by atoms with Crippen molar-refractivity contribution in [3.63, 3.8) is 0 Å². The zero-order chi connectivity index (χ0) is 23.3. The van der Waals surface area contributed by atoms with Crippen molar-refractivity contribution < 1.29 is 9.21 Å². The van der Waals surface area contributed by atoms with E-state index >= 15 is 0 Å². The molecule has 5 nitrogen and oxygen atoms in total. The van der Waals surface area contributed by atoms with E-state index in [4.69, 9.17) is 4.42 Å². The summed E-state index contributed by atoms with van der Waals surface area (Å²) in [6, 6.07) is 34.6. The van der Waals surface area contributed by atoms with Crippen LogP contribution in [0.25, 0.3) is 43.9 Å². The van der Waals surface area contributed by atoms with Gasteiger partial charge in [0.2, 0.25) is 6.08 Å². The molecule has 0 radical (unpaired) electrons. The number of rotatable bonds is 2. The smallest absolute Gasteiger partial charge is 0.344 e. The fraction of sp³-hybridized carbons (Fsp3) is 0. The molecular formula is C29H18N2O3. The van der Waals surface area contributed by atoms with Gasteiger partial charge < -0.3 is 4.42 Å². The van der Waals surface area contributed by atoms with Crippen molar-refractivity contribution in [3.8, 4) is 11.1 Å². The first-order valence-electron chi connectivity index (χ1n) is 10.7. The SMILES string of the molecule is O=C=Nc1ccc2cc(-c3ccccc3)c(=O)oc2c1.c1ccc2nc3ccccc3cc2c1. The van der Waals surface area contributed by atoms with Crippen LogP contribution >= 0.6 is 0 Å². The van der Waals surface area contributed by atoms with Gasteiger partial charge in [-0.1, -0.05) is 66.7 Å². The van der Waals surface area contributed by atoms with E-state index in [1.165, 1.54) is 22.9 Å². The third-order valence-electron chi connectivity index (χ3n) is 5.40. The fourth-order valence-corrected chi connectivity index (χ4v) is 3.76. The number of pyridine rings is 1. The normalized spacial score (nSPS) is 10.5. The molecule has 2 heterocycles. The molecule has 6 aromatic rings. The number of nitrogens with zero attached hydrogens (tertiary/aromatic N) is 2. The van der Waals surface area contributed by atoms with E-state index in [2.05, 4.69) is 28.2 Å². The molecular weight excluding hydrogens is 424 g/mol. The Labute approximate surface area is 194 Å². The van der Waals surface area contributed by atoms with Gasteiger partial charge in [0.25, 0.3) is 0 Å². The summed E-state index contributed by atoms with van der Waals surface area (Å²) in [6.45, 7) is 0. The quantitative estimate of drug-likeness (QED) is 0.128. The van der Waals surface area contributed by atoms with E-state index < -0.39 is 5.63 Å². The van der Waals surface area contributed by atoms with Gasteiger partial charge >= 0.3 is 5.63 Å². The van der Waals surface area contributed by atoms with Gasteiger partial charge in [0.15, 0.2) is 0 Å². The second-order valence-corrected chi connectivity index (χ2v) is 7.61. The van der Waals surface area contributed by atoms with Gasteiger partial charge in [-0.15, -0.1) is 0 Å². The summed E-state index contributed by atoms with van der Waals surface area (Å²) in [5, 5.41) is 3.17. The third-order valence-corrected chi connectivity index (χ3v) is 5.40. The van der Waals surface area contributed by atoms with E-state index in [-0.39, 0.29) is 0 Å². The molecule has 0 spiro atoms. The lowest BCUT2D eigenvalue weighted by molar-refractivity contribution is 0.563. The number of carbonyl (C=O) groups excluding carboxylic acids is 1. The summed E-state index contributed by atoms with van der Waals surface area (Å²) in [5.41, 5.74) is 3.81. The van der Waals surface area contributed by atoms with Crippen LogP contribution in [0, 0.1) is 0 Å². The molecule has 162 valence electrons. The van der Waals surface area contributed by atoms with Crippen molar-refractivity contribution in [1.82, 2.24) is 4.98 Å². The zero-order valence-electron chi connectivity index (χ0n) is 18.0. The molecule has 0 atom stereocenters. The number of fused-ring (bicyclic) bond motifs is 3. The van der Waals surface area contributed by atoms with Crippen LogP contribution < -0.4 is 5.63 Å². The average molecular weight is 442 g/mol. The predicted molar refractivity (Wildman–Crippen MR) is 135 cm³/mol. The summed E-state index contributed by atoms with van der Waals surface area (Å²) >= 11 is 0. The second kappa shape index (κ2) is 9.33. The molecule has 34 heavy (non-hydrogen) atoms. The number of aromatic nitrogens is 1. The first-order chi connectivity index (χ1) is 16.7. The van der Waals surface area contributed by atoms with Crippen LogP contribution in [0.15, 0.2) is 123 Å². The van der Waals surface area contributed by atoms with Crippen LogP contribution in [-0.2, 0) is 4.79 Å². The lowest BCUT2D eigenvalue weighted by Crippen LogP contribution is -2.02. The third kappa shape index (κ3) is 4.37. The molecule has 0 aliphatic carbocycles. The summed E-state index contributed by atoms with van der Waals surface area (Å²) in [5.74, 6) is 0. The highest BCUT2D eigenvalue weighted by Gasteiger charge is 2.07. The maximum Gasteiger partial charge on any atom is 0.344 e. The van der Waals surface area contributed by atoms with Gasteiger partial charge in [-0.2, -0.15) is 4.99 Å². The first-order valence-corrected chi connectivity index (χ1v) is 10.7. The highest BCUT2D eigenvalue weighted by molar-refractivity contribution is 5.92. The van der Waals surface area contributed by atoms with Crippen LogP contribution in [0.4, 0.5) is 5.69 Å². The lowest BCUT2D eigenvalue weighted by Gasteiger charge is -2.02. The monoisotopic (exact) mass is 442 g/mol. The minimum atomic E-state index is -0.420. The van der Waals surface area contributed by atoms with E-state index in [0.717, 1.165) is 22.0 Å². The van der Waals surface area contributed by atoms with E-state index in [0.29, 0.717) is 16.8 Å². The van der Waals surface area contributed by atoms with E-state index in [1.54, 1.807) is 18.2 Å². The highest BCUT2D eigenvalue weighted by atomic mass is 16.4. The zero-order valence-corrected chi connectivity index (χ0v) is 18.0. The van der Waals surface area contributed by atoms with Gasteiger partial charge in [-0.3, -0.25) is 0 Å². The molecule has 0 saturated carbocycles. The summed E-state index contributed by atoms with van der Waals surface area (Å²) in [4.78, 5) is 30.3. The van der Waals surface area contributed by atoms with Gasteiger partial charge in [0, 0.05) is 22.2 Å². The van der Waals surface area contributed by atoms with Gasteiger partial charge in [0.05, 0.1) is 22.3 Å². The molecule has 5 heteroatoms. The Kier molecular flexibility index (Phi) is 5.76. The van der Waals surface area contributed by atoms with E-state index in [1.807, 2.05) is 66.7 Å². The lowest BCUT2D eigenvalue weighted by atomic mass is 10.1.